The first-order valence-electron chi connectivity index (χ1n) is 7.21. The molecular formula is C18H22O3. The highest BCUT2D eigenvalue weighted by Crippen LogP contribution is 2.48. The Balaban J connectivity index is 1.99. The van der Waals surface area contributed by atoms with E-state index in [1.807, 2.05) is 45.9 Å². The van der Waals surface area contributed by atoms with Crippen LogP contribution in [0.1, 0.15) is 43.1 Å². The van der Waals surface area contributed by atoms with Gasteiger partial charge in [-0.1, -0.05) is 50.6 Å². The number of esters is 1. The molecule has 1 aliphatic carbocycles. The fourth-order valence-electron chi connectivity index (χ4n) is 2.57. The van der Waals surface area contributed by atoms with Gasteiger partial charge in [-0.15, -0.1) is 0 Å². The molecule has 0 amide bonds. The van der Waals surface area contributed by atoms with Crippen LogP contribution in [0.5, 0.6) is 0 Å². The number of benzene rings is 1. The predicted molar refractivity (Wildman–Crippen MR) is 82.1 cm³/mol. The van der Waals surface area contributed by atoms with E-state index in [4.69, 9.17) is 4.74 Å². The van der Waals surface area contributed by atoms with Crippen molar-refractivity contribution in [2.45, 2.75) is 34.1 Å². The molecule has 1 aromatic carbocycles. The van der Waals surface area contributed by atoms with Crippen molar-refractivity contribution in [2.24, 2.45) is 10.8 Å². The first-order chi connectivity index (χ1) is 9.76. The summed E-state index contributed by atoms with van der Waals surface area (Å²) in [7, 11) is 0. The molecule has 2 rings (SSSR count). The third kappa shape index (κ3) is 2.92. The molecule has 0 radical (unpaired) electrons. The molecule has 0 bridgehead atoms. The van der Waals surface area contributed by atoms with Gasteiger partial charge in [-0.05, 0) is 30.9 Å². The largest absolute Gasteiger partial charge is 0.454 e. The number of ketones is 1. The summed E-state index contributed by atoms with van der Waals surface area (Å²) in [5.74, 6) is -0.478. The number of aryl methyl sites for hydroxylation is 1. The lowest BCUT2D eigenvalue weighted by Crippen LogP contribution is -2.40. The lowest BCUT2D eigenvalue weighted by Gasteiger charge is -2.36. The molecule has 1 unspecified atom stereocenters. The zero-order valence-corrected chi connectivity index (χ0v) is 13.1. The number of carbonyl (C=O) groups excluding carboxylic acids is 2. The van der Waals surface area contributed by atoms with Crippen molar-refractivity contribution in [3.63, 3.8) is 0 Å². The maximum atomic E-state index is 12.5. The van der Waals surface area contributed by atoms with E-state index >= 15 is 0 Å². The topological polar surface area (TPSA) is 43.4 Å². The number of Topliss-reactive ketones (excluding diaryl/α,β-unsaturated/α-hetero) is 1. The summed E-state index contributed by atoms with van der Waals surface area (Å²) >= 11 is 0. The molecule has 0 N–H and O–H groups in total. The van der Waals surface area contributed by atoms with E-state index in [0.717, 1.165) is 5.56 Å². The van der Waals surface area contributed by atoms with Crippen molar-refractivity contribution in [2.75, 3.05) is 6.61 Å². The van der Waals surface area contributed by atoms with Crippen LogP contribution >= 0.6 is 0 Å². The average Bonchev–Trinajstić information content (AvgIpc) is 2.71. The Bertz CT molecular complexity index is 581. The molecule has 21 heavy (non-hydrogen) atoms. The Morgan fingerprint density at radius 2 is 1.76 bits per heavy atom. The van der Waals surface area contributed by atoms with Gasteiger partial charge in [0.15, 0.2) is 12.4 Å². The molecule has 0 aromatic heterocycles. The van der Waals surface area contributed by atoms with Crippen molar-refractivity contribution in [3.8, 4) is 0 Å². The minimum Gasteiger partial charge on any atom is -0.454 e. The van der Waals surface area contributed by atoms with E-state index in [2.05, 4.69) is 6.08 Å². The first-order valence-corrected chi connectivity index (χ1v) is 7.21. The minimum atomic E-state index is -0.499. The van der Waals surface area contributed by atoms with Crippen molar-refractivity contribution < 1.29 is 14.3 Å². The summed E-state index contributed by atoms with van der Waals surface area (Å²) in [6, 6.07) is 7.13. The summed E-state index contributed by atoms with van der Waals surface area (Å²) in [5, 5.41) is 0. The Morgan fingerprint density at radius 1 is 1.14 bits per heavy atom. The van der Waals surface area contributed by atoms with Crippen LogP contribution in [0.25, 0.3) is 0 Å². The number of allylic oxidation sites excluding steroid dienone is 2. The third-order valence-corrected chi connectivity index (χ3v) is 4.72. The second-order valence-corrected chi connectivity index (χ2v) is 6.53. The van der Waals surface area contributed by atoms with Gasteiger partial charge in [0.05, 0.1) is 5.56 Å². The summed E-state index contributed by atoms with van der Waals surface area (Å²) < 4.78 is 5.18. The van der Waals surface area contributed by atoms with E-state index in [1.165, 1.54) is 0 Å². The molecule has 0 aliphatic heterocycles. The first kappa shape index (κ1) is 15.5. The summed E-state index contributed by atoms with van der Waals surface area (Å²) in [5.41, 5.74) is 0.845. The van der Waals surface area contributed by atoms with Gasteiger partial charge in [-0.3, -0.25) is 4.79 Å². The standard InChI is InChI=1S/C18H22O3/c1-13-6-8-14(9-7-13)16(20)21-12-15(19)18(4)11-5-10-17(18,2)3/h5-10H,11-12H2,1-4H3. The molecule has 1 aliphatic rings. The average molecular weight is 286 g/mol. The second kappa shape index (κ2) is 5.47. The maximum Gasteiger partial charge on any atom is 0.338 e. The molecule has 1 aromatic rings. The van der Waals surface area contributed by atoms with Crippen LogP contribution in [0, 0.1) is 17.8 Å². The van der Waals surface area contributed by atoms with Gasteiger partial charge in [0.2, 0.25) is 0 Å². The highest BCUT2D eigenvalue weighted by molar-refractivity contribution is 5.93. The number of carbonyl (C=O) groups is 2. The molecule has 0 saturated heterocycles. The quantitative estimate of drug-likeness (QED) is 0.626. The number of ether oxygens (including phenoxy) is 1. The van der Waals surface area contributed by atoms with Crippen molar-refractivity contribution in [3.05, 3.63) is 47.5 Å². The van der Waals surface area contributed by atoms with Gasteiger partial charge >= 0.3 is 5.97 Å². The second-order valence-electron chi connectivity index (χ2n) is 6.53. The number of hydrogen-bond acceptors (Lipinski definition) is 3. The van der Waals surface area contributed by atoms with Crippen LogP contribution in [-0.2, 0) is 9.53 Å². The molecular weight excluding hydrogens is 264 g/mol. The smallest absolute Gasteiger partial charge is 0.338 e. The summed E-state index contributed by atoms with van der Waals surface area (Å²) in [4.78, 5) is 24.4. The zero-order valence-electron chi connectivity index (χ0n) is 13.1. The predicted octanol–water partition coefficient (Wildman–Crippen LogP) is 3.71. The summed E-state index contributed by atoms with van der Waals surface area (Å²) in [6.45, 7) is 7.80. The Hall–Kier alpha value is -1.90. The highest BCUT2D eigenvalue weighted by atomic mass is 16.5. The van der Waals surface area contributed by atoms with Crippen molar-refractivity contribution in [1.82, 2.24) is 0 Å². The van der Waals surface area contributed by atoms with Gasteiger partial charge in [0.1, 0.15) is 0 Å². The molecule has 3 heteroatoms. The molecule has 1 atom stereocenters. The van der Waals surface area contributed by atoms with Crippen LogP contribution in [0.4, 0.5) is 0 Å². The lowest BCUT2D eigenvalue weighted by molar-refractivity contribution is -0.135. The monoisotopic (exact) mass is 286 g/mol. The molecule has 0 fully saturated rings. The molecule has 0 saturated carbocycles. The number of rotatable bonds is 4. The Labute approximate surface area is 126 Å². The fourth-order valence-corrected chi connectivity index (χ4v) is 2.57. The molecule has 0 spiro atoms. The number of hydrogen-bond donors (Lipinski definition) is 0. The van der Waals surface area contributed by atoms with Crippen LogP contribution in [0.3, 0.4) is 0 Å². The van der Waals surface area contributed by atoms with Gasteiger partial charge in [0.25, 0.3) is 0 Å². The van der Waals surface area contributed by atoms with Gasteiger partial charge in [-0.25, -0.2) is 4.79 Å². The van der Waals surface area contributed by atoms with E-state index in [9.17, 15) is 9.59 Å². The SMILES string of the molecule is Cc1ccc(C(=O)OCC(=O)C2(C)CC=CC2(C)C)cc1. The van der Waals surface area contributed by atoms with Crippen LogP contribution in [-0.4, -0.2) is 18.4 Å². The van der Waals surface area contributed by atoms with Crippen LogP contribution in [0.15, 0.2) is 36.4 Å². The fraction of sp³-hybridized carbons (Fsp3) is 0.444. The van der Waals surface area contributed by atoms with Gasteiger partial charge in [-0.2, -0.15) is 0 Å². The molecule has 0 heterocycles. The normalized spacial score (nSPS) is 23.0. The van der Waals surface area contributed by atoms with Crippen LogP contribution < -0.4 is 0 Å². The summed E-state index contributed by atoms with van der Waals surface area (Å²) in [6.07, 6.45) is 4.79. The molecule has 112 valence electrons. The van der Waals surface area contributed by atoms with E-state index in [1.54, 1.807) is 12.1 Å². The molecule has 3 nitrogen and oxygen atoms in total. The highest BCUT2D eigenvalue weighted by Gasteiger charge is 2.47. The van der Waals surface area contributed by atoms with E-state index in [0.29, 0.717) is 12.0 Å². The Morgan fingerprint density at radius 3 is 2.29 bits per heavy atom. The van der Waals surface area contributed by atoms with Gasteiger partial charge < -0.3 is 4.74 Å². The van der Waals surface area contributed by atoms with E-state index in [-0.39, 0.29) is 17.8 Å². The maximum absolute atomic E-state index is 12.5. The van der Waals surface area contributed by atoms with Crippen molar-refractivity contribution >= 4 is 11.8 Å². The zero-order chi connectivity index (χ0) is 15.7. The lowest BCUT2D eigenvalue weighted by atomic mass is 9.66. The minimum absolute atomic E-state index is 0.0297. The Kier molecular flexibility index (Phi) is 4.04. The van der Waals surface area contributed by atoms with Gasteiger partial charge in [0, 0.05) is 5.41 Å². The van der Waals surface area contributed by atoms with E-state index < -0.39 is 11.4 Å². The van der Waals surface area contributed by atoms with Crippen molar-refractivity contribution in [1.29, 1.82) is 0 Å². The third-order valence-electron chi connectivity index (χ3n) is 4.72. The van der Waals surface area contributed by atoms with Crippen LogP contribution in [0.2, 0.25) is 0 Å².